The van der Waals surface area contributed by atoms with Crippen molar-refractivity contribution in [1.82, 2.24) is 5.32 Å². The first-order valence-electron chi connectivity index (χ1n) is 9.71. The van der Waals surface area contributed by atoms with E-state index in [0.29, 0.717) is 30.1 Å². The third-order valence-electron chi connectivity index (χ3n) is 4.80. The molecule has 148 valence electrons. The number of carbonyl (C=O) groups is 1. The fourth-order valence-corrected chi connectivity index (χ4v) is 3.28. The van der Waals surface area contributed by atoms with Gasteiger partial charge >= 0.3 is 5.63 Å². The summed E-state index contributed by atoms with van der Waals surface area (Å²) in [6.07, 6.45) is 4.28. The molecule has 0 radical (unpaired) electrons. The number of amides is 1. The molecule has 1 aromatic carbocycles. The van der Waals surface area contributed by atoms with Crippen LogP contribution in [0.2, 0.25) is 0 Å². The Bertz CT molecular complexity index is 838. The number of carbonyl (C=O) groups excluding carboxylic acids is 1. The van der Waals surface area contributed by atoms with Gasteiger partial charge in [-0.25, -0.2) is 4.79 Å². The Kier molecular flexibility index (Phi) is 7.45. The van der Waals surface area contributed by atoms with Gasteiger partial charge in [-0.1, -0.05) is 26.7 Å². The van der Waals surface area contributed by atoms with Crippen LogP contribution in [0.5, 0.6) is 5.75 Å². The van der Waals surface area contributed by atoms with Crippen molar-refractivity contribution in [3.8, 4) is 5.75 Å². The van der Waals surface area contributed by atoms with Crippen LogP contribution < -0.4 is 15.7 Å². The summed E-state index contributed by atoms with van der Waals surface area (Å²) in [6.45, 7) is 8.36. The summed E-state index contributed by atoms with van der Waals surface area (Å²) < 4.78 is 10.7. The second kappa shape index (κ2) is 9.58. The molecule has 1 aromatic heterocycles. The molecule has 0 saturated heterocycles. The second-order valence-electron chi connectivity index (χ2n) is 7.70. The highest BCUT2D eigenvalue weighted by Gasteiger charge is 2.13. The van der Waals surface area contributed by atoms with E-state index in [-0.39, 0.29) is 17.6 Å². The third-order valence-corrected chi connectivity index (χ3v) is 4.80. The Morgan fingerprint density at radius 3 is 2.59 bits per heavy atom. The van der Waals surface area contributed by atoms with Crippen LogP contribution in [0.15, 0.2) is 27.4 Å². The Morgan fingerprint density at radius 2 is 1.93 bits per heavy atom. The third kappa shape index (κ3) is 6.12. The molecule has 5 heteroatoms. The van der Waals surface area contributed by atoms with Crippen molar-refractivity contribution in [2.75, 3.05) is 7.11 Å². The maximum absolute atomic E-state index is 12.3. The number of fused-ring (bicyclic) bond motifs is 1. The molecule has 0 unspecified atom stereocenters. The van der Waals surface area contributed by atoms with E-state index in [1.165, 1.54) is 12.5 Å². The van der Waals surface area contributed by atoms with E-state index in [2.05, 4.69) is 26.1 Å². The first-order valence-corrected chi connectivity index (χ1v) is 9.71. The lowest BCUT2D eigenvalue weighted by molar-refractivity contribution is -0.121. The number of aryl methyl sites for hydroxylation is 2. The van der Waals surface area contributed by atoms with Crippen LogP contribution in [-0.4, -0.2) is 19.1 Å². The summed E-state index contributed by atoms with van der Waals surface area (Å²) in [5.41, 5.74) is 1.92. The largest absolute Gasteiger partial charge is 0.496 e. The zero-order chi connectivity index (χ0) is 20.0. The zero-order valence-electron chi connectivity index (χ0n) is 17.1. The van der Waals surface area contributed by atoms with Crippen molar-refractivity contribution in [1.29, 1.82) is 0 Å². The van der Waals surface area contributed by atoms with Gasteiger partial charge in [-0.3, -0.25) is 4.79 Å². The lowest BCUT2D eigenvalue weighted by Crippen LogP contribution is -2.32. The lowest BCUT2D eigenvalue weighted by Gasteiger charge is -2.15. The molecular weight excluding hydrogens is 342 g/mol. The molecule has 1 amide bonds. The van der Waals surface area contributed by atoms with Gasteiger partial charge in [0.2, 0.25) is 5.91 Å². The molecule has 0 aliphatic heterocycles. The summed E-state index contributed by atoms with van der Waals surface area (Å²) in [7, 11) is 1.58. The summed E-state index contributed by atoms with van der Waals surface area (Å²) in [5, 5.41) is 3.95. The van der Waals surface area contributed by atoms with Crippen LogP contribution in [0.4, 0.5) is 0 Å². The average Bonchev–Trinajstić information content (AvgIpc) is 2.58. The Balaban J connectivity index is 2.01. The minimum absolute atomic E-state index is 0.0468. The van der Waals surface area contributed by atoms with Gasteiger partial charge < -0.3 is 14.5 Å². The van der Waals surface area contributed by atoms with Crippen molar-refractivity contribution in [2.45, 2.75) is 65.8 Å². The van der Waals surface area contributed by atoms with E-state index in [1.807, 2.05) is 13.0 Å². The number of hydrogen-bond acceptors (Lipinski definition) is 4. The molecule has 2 aromatic rings. The van der Waals surface area contributed by atoms with Gasteiger partial charge in [-0.05, 0) is 49.8 Å². The molecule has 5 nitrogen and oxygen atoms in total. The molecule has 1 heterocycles. The second-order valence-corrected chi connectivity index (χ2v) is 7.70. The highest BCUT2D eigenvalue weighted by atomic mass is 16.5. The van der Waals surface area contributed by atoms with Gasteiger partial charge in [-0.15, -0.1) is 0 Å². The molecule has 0 aliphatic rings. The average molecular weight is 373 g/mol. The highest BCUT2D eigenvalue weighted by molar-refractivity contribution is 5.83. The fraction of sp³-hybridized carbons (Fsp3) is 0.545. The Labute approximate surface area is 161 Å². The van der Waals surface area contributed by atoms with Crippen LogP contribution in [0.25, 0.3) is 11.0 Å². The van der Waals surface area contributed by atoms with E-state index in [9.17, 15) is 9.59 Å². The molecule has 0 saturated carbocycles. The number of rotatable bonds is 9. The first-order chi connectivity index (χ1) is 12.8. The quantitative estimate of drug-likeness (QED) is 0.663. The van der Waals surface area contributed by atoms with E-state index >= 15 is 0 Å². The van der Waals surface area contributed by atoms with E-state index in [1.54, 1.807) is 13.2 Å². The first kappa shape index (κ1) is 21.0. The molecule has 27 heavy (non-hydrogen) atoms. The maximum atomic E-state index is 12.3. The number of nitrogens with one attached hydrogen (secondary N) is 1. The van der Waals surface area contributed by atoms with Gasteiger partial charge in [0.25, 0.3) is 0 Å². The number of hydrogen-bond donors (Lipinski definition) is 1. The number of ether oxygens (including phenoxy) is 1. The van der Waals surface area contributed by atoms with Crippen molar-refractivity contribution in [3.63, 3.8) is 0 Å². The maximum Gasteiger partial charge on any atom is 0.336 e. The van der Waals surface area contributed by atoms with Gasteiger partial charge in [0.15, 0.2) is 0 Å². The van der Waals surface area contributed by atoms with Crippen LogP contribution in [0.3, 0.4) is 0 Å². The molecule has 0 aliphatic carbocycles. The molecule has 1 atom stereocenters. The van der Waals surface area contributed by atoms with E-state index in [0.717, 1.165) is 29.4 Å². The van der Waals surface area contributed by atoms with Gasteiger partial charge in [0, 0.05) is 30.0 Å². The minimum atomic E-state index is -0.374. The normalized spacial score (nSPS) is 12.4. The summed E-state index contributed by atoms with van der Waals surface area (Å²) in [5.74, 6) is 1.38. The fourth-order valence-electron chi connectivity index (χ4n) is 3.28. The molecule has 0 bridgehead atoms. The standard InChI is InChI=1S/C22H31NO4/c1-14(2)7-6-8-16(4)23-21(24)10-9-17-12-18-15(3)11-22(25)27-20(18)13-19(17)26-5/h11-14,16H,6-10H2,1-5H3,(H,23,24)/t16-/m0/s1. The van der Waals surface area contributed by atoms with Gasteiger partial charge in [0.05, 0.1) is 7.11 Å². The van der Waals surface area contributed by atoms with Gasteiger partial charge in [-0.2, -0.15) is 0 Å². The summed E-state index contributed by atoms with van der Waals surface area (Å²) >= 11 is 0. The predicted molar refractivity (Wildman–Crippen MR) is 108 cm³/mol. The number of benzene rings is 1. The molecular formula is C22H31NO4. The topological polar surface area (TPSA) is 68.5 Å². The minimum Gasteiger partial charge on any atom is -0.496 e. The van der Waals surface area contributed by atoms with Crippen LogP contribution in [-0.2, 0) is 11.2 Å². The number of methoxy groups -OCH3 is 1. The van der Waals surface area contributed by atoms with E-state index < -0.39 is 0 Å². The van der Waals surface area contributed by atoms with Gasteiger partial charge in [0.1, 0.15) is 11.3 Å². The zero-order valence-corrected chi connectivity index (χ0v) is 17.1. The molecule has 0 fully saturated rings. The Morgan fingerprint density at radius 1 is 1.19 bits per heavy atom. The molecule has 0 spiro atoms. The summed E-state index contributed by atoms with van der Waals surface area (Å²) in [4.78, 5) is 23.8. The SMILES string of the molecule is COc1cc2oc(=O)cc(C)c2cc1CCC(=O)N[C@@H](C)CCCC(C)C. The van der Waals surface area contributed by atoms with Crippen LogP contribution in [0, 0.1) is 12.8 Å². The van der Waals surface area contributed by atoms with Crippen LogP contribution >= 0.6 is 0 Å². The summed E-state index contributed by atoms with van der Waals surface area (Å²) in [6, 6.07) is 5.34. The van der Waals surface area contributed by atoms with Crippen molar-refractivity contribution >= 4 is 16.9 Å². The monoisotopic (exact) mass is 373 g/mol. The van der Waals surface area contributed by atoms with Crippen molar-refractivity contribution < 1.29 is 13.9 Å². The lowest BCUT2D eigenvalue weighted by atomic mass is 10.0. The highest BCUT2D eigenvalue weighted by Crippen LogP contribution is 2.28. The van der Waals surface area contributed by atoms with E-state index in [4.69, 9.17) is 9.15 Å². The predicted octanol–water partition coefficient (Wildman–Crippen LogP) is 4.37. The molecule has 1 N–H and O–H groups in total. The molecule has 2 rings (SSSR count). The smallest absolute Gasteiger partial charge is 0.336 e. The van der Waals surface area contributed by atoms with Crippen LogP contribution in [0.1, 0.15) is 57.6 Å². The van der Waals surface area contributed by atoms with Crippen molar-refractivity contribution in [2.24, 2.45) is 5.92 Å². The Hall–Kier alpha value is -2.30. The van der Waals surface area contributed by atoms with Crippen molar-refractivity contribution in [3.05, 3.63) is 39.7 Å².